The Balaban J connectivity index is 3.51. The fourth-order valence-electron chi connectivity index (χ4n) is 7.21. The lowest BCUT2D eigenvalue weighted by Gasteiger charge is -2.22. The first-order valence-electron chi connectivity index (χ1n) is 24.9. The summed E-state index contributed by atoms with van der Waals surface area (Å²) in [6.07, 6.45) is 57.9. The minimum Gasteiger partial charge on any atom is -0.466 e. The van der Waals surface area contributed by atoms with Crippen molar-refractivity contribution in [2.45, 2.75) is 257 Å². The number of aliphatic hydroxyl groups excluding tert-OH is 2. The molecule has 0 aromatic carbocycles. The molecule has 6 heteroatoms. The number of carbonyl (C=O) groups excluding carboxylic acids is 2. The lowest BCUT2D eigenvalue weighted by atomic mass is 10.0. The highest BCUT2D eigenvalue weighted by Gasteiger charge is 2.20. The summed E-state index contributed by atoms with van der Waals surface area (Å²) in [5.41, 5.74) is 0. The van der Waals surface area contributed by atoms with Gasteiger partial charge >= 0.3 is 5.97 Å². The third-order valence-corrected chi connectivity index (χ3v) is 11.1. The quantitative estimate of drug-likeness (QED) is 0.0323. The molecule has 0 aliphatic carbocycles. The predicted octanol–water partition coefficient (Wildman–Crippen LogP) is 14.7. The number of nitrogens with one attached hydrogen (secondary N) is 1. The zero-order valence-corrected chi connectivity index (χ0v) is 38.3. The number of aliphatic hydroxyl groups is 2. The molecule has 6 nitrogen and oxygen atoms in total. The van der Waals surface area contributed by atoms with Gasteiger partial charge in [0.2, 0.25) is 5.91 Å². The summed E-state index contributed by atoms with van der Waals surface area (Å²) in [6.45, 7) is 4.83. The molecule has 0 radical (unpaired) electrons. The zero-order valence-electron chi connectivity index (χ0n) is 38.3. The van der Waals surface area contributed by atoms with E-state index >= 15 is 0 Å². The van der Waals surface area contributed by atoms with Gasteiger partial charge in [0.05, 0.1) is 25.4 Å². The standard InChI is InChI=1S/C52H95NO5/c1-3-5-7-9-11-13-15-16-23-26-30-34-38-42-46-52(57)58-47-43-39-35-31-27-24-21-19-17-18-20-22-25-29-33-37-41-45-51(56)53-49(48-54)50(55)44-40-36-32-28-14-12-10-8-6-4-2/h9,11,15-17,19,24,27,49-50,54-55H,3-8,10,12-14,18,20-23,25-26,28-48H2,1-2H3,(H,53,56)/b11-9-,16-15-,19-17-,27-24-. The van der Waals surface area contributed by atoms with Crippen LogP contribution in [0.2, 0.25) is 0 Å². The van der Waals surface area contributed by atoms with E-state index in [-0.39, 0.29) is 18.5 Å². The molecular formula is C52H95NO5. The largest absolute Gasteiger partial charge is 0.466 e. The van der Waals surface area contributed by atoms with Crippen LogP contribution in [0.1, 0.15) is 245 Å². The fraction of sp³-hybridized carbons (Fsp3) is 0.808. The Labute approximate surface area is 359 Å². The molecule has 0 aliphatic rings. The molecule has 2 unspecified atom stereocenters. The van der Waals surface area contributed by atoms with Crippen LogP contribution in [0.3, 0.4) is 0 Å². The average Bonchev–Trinajstić information content (AvgIpc) is 3.22. The van der Waals surface area contributed by atoms with Gasteiger partial charge in [0, 0.05) is 12.8 Å². The first-order valence-corrected chi connectivity index (χ1v) is 24.9. The van der Waals surface area contributed by atoms with Crippen LogP contribution in [-0.4, -0.2) is 47.4 Å². The Morgan fingerprint density at radius 3 is 1.36 bits per heavy atom. The average molecular weight is 814 g/mol. The number of carbonyl (C=O) groups is 2. The normalized spacial score (nSPS) is 13.1. The SMILES string of the molecule is CCCC/C=C\C/C=C\CCCCCCCC(=O)OCCCCC/C=C\C/C=C\CCCCCCCCCC(=O)NC(CO)C(O)CCCCCCCCCCCC. The second-order valence-corrected chi connectivity index (χ2v) is 16.8. The Bertz CT molecular complexity index is 988. The third-order valence-electron chi connectivity index (χ3n) is 11.1. The van der Waals surface area contributed by atoms with Gasteiger partial charge in [0.25, 0.3) is 0 Å². The van der Waals surface area contributed by atoms with Crippen molar-refractivity contribution >= 4 is 11.9 Å². The fourth-order valence-corrected chi connectivity index (χ4v) is 7.21. The van der Waals surface area contributed by atoms with E-state index < -0.39 is 12.1 Å². The predicted molar refractivity (Wildman–Crippen MR) is 250 cm³/mol. The summed E-state index contributed by atoms with van der Waals surface area (Å²) in [4.78, 5) is 24.4. The number of rotatable bonds is 45. The highest BCUT2D eigenvalue weighted by molar-refractivity contribution is 5.76. The van der Waals surface area contributed by atoms with Crippen LogP contribution < -0.4 is 5.32 Å². The lowest BCUT2D eigenvalue weighted by Crippen LogP contribution is -2.45. The van der Waals surface area contributed by atoms with E-state index in [0.29, 0.717) is 25.9 Å². The molecule has 58 heavy (non-hydrogen) atoms. The van der Waals surface area contributed by atoms with E-state index in [1.54, 1.807) is 0 Å². The van der Waals surface area contributed by atoms with Crippen molar-refractivity contribution in [2.75, 3.05) is 13.2 Å². The smallest absolute Gasteiger partial charge is 0.305 e. The van der Waals surface area contributed by atoms with E-state index in [2.05, 4.69) is 67.8 Å². The number of allylic oxidation sites excluding steroid dienone is 8. The Hall–Kier alpha value is -2.18. The maximum atomic E-state index is 12.4. The summed E-state index contributed by atoms with van der Waals surface area (Å²) in [7, 11) is 0. The highest BCUT2D eigenvalue weighted by Crippen LogP contribution is 2.15. The number of esters is 1. The Morgan fingerprint density at radius 2 is 0.879 bits per heavy atom. The van der Waals surface area contributed by atoms with Gasteiger partial charge in [-0.3, -0.25) is 9.59 Å². The summed E-state index contributed by atoms with van der Waals surface area (Å²) in [6, 6.07) is -0.553. The van der Waals surface area contributed by atoms with Crippen molar-refractivity contribution in [3.05, 3.63) is 48.6 Å². The molecule has 0 aromatic rings. The summed E-state index contributed by atoms with van der Waals surface area (Å²) >= 11 is 0. The first-order chi connectivity index (χ1) is 28.5. The number of ether oxygens (including phenoxy) is 1. The van der Waals surface area contributed by atoms with E-state index in [4.69, 9.17) is 4.74 Å². The van der Waals surface area contributed by atoms with Crippen LogP contribution in [0.4, 0.5) is 0 Å². The second kappa shape index (κ2) is 47.5. The number of unbranched alkanes of at least 4 members (excludes halogenated alkanes) is 26. The van der Waals surface area contributed by atoms with Crippen molar-refractivity contribution in [1.29, 1.82) is 0 Å². The molecule has 0 fully saturated rings. The lowest BCUT2D eigenvalue weighted by molar-refractivity contribution is -0.143. The van der Waals surface area contributed by atoms with Gasteiger partial charge in [-0.25, -0.2) is 0 Å². The molecule has 0 spiro atoms. The van der Waals surface area contributed by atoms with Crippen LogP contribution in [0.15, 0.2) is 48.6 Å². The Morgan fingerprint density at radius 1 is 0.483 bits per heavy atom. The van der Waals surface area contributed by atoms with Crippen LogP contribution in [0.25, 0.3) is 0 Å². The van der Waals surface area contributed by atoms with Crippen molar-refractivity contribution in [2.24, 2.45) is 0 Å². The minimum absolute atomic E-state index is 0.0313. The minimum atomic E-state index is -0.674. The van der Waals surface area contributed by atoms with Crippen molar-refractivity contribution in [3.63, 3.8) is 0 Å². The topological polar surface area (TPSA) is 95.9 Å². The van der Waals surface area contributed by atoms with Crippen molar-refractivity contribution < 1.29 is 24.5 Å². The second-order valence-electron chi connectivity index (χ2n) is 16.8. The van der Waals surface area contributed by atoms with Crippen LogP contribution in [0.5, 0.6) is 0 Å². The highest BCUT2D eigenvalue weighted by atomic mass is 16.5. The summed E-state index contributed by atoms with van der Waals surface area (Å²) in [5.74, 6) is -0.0863. The molecule has 2 atom stereocenters. The summed E-state index contributed by atoms with van der Waals surface area (Å²) in [5, 5.41) is 23.1. The van der Waals surface area contributed by atoms with Gasteiger partial charge in [-0.05, 0) is 89.9 Å². The van der Waals surface area contributed by atoms with Gasteiger partial charge in [0.15, 0.2) is 0 Å². The molecule has 0 rings (SSSR count). The molecule has 0 saturated carbocycles. The molecule has 3 N–H and O–H groups in total. The molecule has 0 aromatic heterocycles. The molecule has 0 bridgehead atoms. The maximum Gasteiger partial charge on any atom is 0.305 e. The van der Waals surface area contributed by atoms with Gasteiger partial charge < -0.3 is 20.3 Å². The maximum absolute atomic E-state index is 12.4. The molecule has 0 aliphatic heterocycles. The first kappa shape index (κ1) is 55.8. The molecule has 1 amide bonds. The number of hydrogen-bond acceptors (Lipinski definition) is 5. The molecule has 0 heterocycles. The number of hydrogen-bond donors (Lipinski definition) is 3. The molecule has 0 saturated heterocycles. The zero-order chi connectivity index (χ0) is 42.3. The molecule has 338 valence electrons. The summed E-state index contributed by atoms with van der Waals surface area (Å²) < 4.78 is 5.43. The van der Waals surface area contributed by atoms with E-state index in [1.165, 1.54) is 116 Å². The van der Waals surface area contributed by atoms with Gasteiger partial charge in [-0.2, -0.15) is 0 Å². The Kier molecular flexibility index (Phi) is 45.7. The van der Waals surface area contributed by atoms with Crippen LogP contribution in [-0.2, 0) is 14.3 Å². The van der Waals surface area contributed by atoms with Crippen molar-refractivity contribution in [1.82, 2.24) is 5.32 Å². The van der Waals surface area contributed by atoms with E-state index in [1.807, 2.05) is 0 Å². The van der Waals surface area contributed by atoms with Crippen LogP contribution in [0, 0.1) is 0 Å². The van der Waals surface area contributed by atoms with Gasteiger partial charge in [-0.15, -0.1) is 0 Å². The van der Waals surface area contributed by atoms with E-state index in [0.717, 1.165) is 96.3 Å². The number of amides is 1. The third kappa shape index (κ3) is 43.4. The molecular weight excluding hydrogens is 719 g/mol. The monoisotopic (exact) mass is 814 g/mol. The van der Waals surface area contributed by atoms with Crippen LogP contribution >= 0.6 is 0 Å². The van der Waals surface area contributed by atoms with E-state index in [9.17, 15) is 19.8 Å². The van der Waals surface area contributed by atoms with Gasteiger partial charge in [0.1, 0.15) is 0 Å². The van der Waals surface area contributed by atoms with Gasteiger partial charge in [-0.1, -0.05) is 191 Å². The van der Waals surface area contributed by atoms with Crippen molar-refractivity contribution in [3.8, 4) is 0 Å².